The first-order valence-corrected chi connectivity index (χ1v) is 8.70. The second kappa shape index (κ2) is 9.15. The van der Waals surface area contributed by atoms with Crippen LogP contribution in [0, 0.1) is 0 Å². The molecule has 0 saturated carbocycles. The lowest BCUT2D eigenvalue weighted by molar-refractivity contribution is -0.132. The summed E-state index contributed by atoms with van der Waals surface area (Å²) in [6, 6.07) is 19.1. The van der Waals surface area contributed by atoms with Gasteiger partial charge in [0.1, 0.15) is 0 Å². The fourth-order valence-electron chi connectivity index (χ4n) is 2.60. The molecule has 5 heteroatoms. The Hall–Kier alpha value is -2.66. The molecule has 138 valence electrons. The highest BCUT2D eigenvalue weighted by molar-refractivity contribution is 5.83. The van der Waals surface area contributed by atoms with Crippen LogP contribution in [0.15, 0.2) is 60.7 Å². The van der Waals surface area contributed by atoms with Gasteiger partial charge in [-0.3, -0.25) is 14.5 Å². The Bertz CT molecular complexity index is 677. The Balaban J connectivity index is 2.15. The molecule has 0 heterocycles. The fourth-order valence-corrected chi connectivity index (χ4v) is 2.60. The number of rotatable bonds is 7. The van der Waals surface area contributed by atoms with Crippen molar-refractivity contribution in [2.75, 3.05) is 27.7 Å². The van der Waals surface area contributed by atoms with Gasteiger partial charge in [0.2, 0.25) is 11.8 Å². The van der Waals surface area contributed by atoms with E-state index in [2.05, 4.69) is 5.32 Å². The minimum absolute atomic E-state index is 0.0326. The third kappa shape index (κ3) is 5.17. The molecule has 2 aromatic carbocycles. The number of amides is 2. The van der Waals surface area contributed by atoms with Crippen molar-refractivity contribution in [3.63, 3.8) is 0 Å². The minimum Gasteiger partial charge on any atom is -0.348 e. The molecule has 2 amide bonds. The first kappa shape index (κ1) is 19.7. The highest BCUT2D eigenvalue weighted by atomic mass is 16.2. The van der Waals surface area contributed by atoms with Gasteiger partial charge in [-0.25, -0.2) is 0 Å². The molecule has 2 rings (SSSR count). The van der Waals surface area contributed by atoms with Crippen LogP contribution in [0.5, 0.6) is 0 Å². The third-order valence-corrected chi connectivity index (χ3v) is 4.48. The molecule has 0 spiro atoms. The molecule has 0 aliphatic carbocycles. The standard InChI is InChI=1S/C21H27N3O2/c1-16(24(4)15-19(25)23(2)3)21(26)22-20(17-11-7-5-8-12-17)18-13-9-6-10-14-18/h5-14,16,20H,15H2,1-4H3,(H,22,26)/t16-/m1/s1. The summed E-state index contributed by atoms with van der Waals surface area (Å²) in [4.78, 5) is 28.0. The van der Waals surface area contributed by atoms with Crippen LogP contribution in [0.2, 0.25) is 0 Å². The van der Waals surface area contributed by atoms with Gasteiger partial charge in [0.25, 0.3) is 0 Å². The number of carbonyl (C=O) groups is 2. The van der Waals surface area contributed by atoms with Crippen LogP contribution in [0.3, 0.4) is 0 Å². The Labute approximate surface area is 155 Å². The highest BCUT2D eigenvalue weighted by Crippen LogP contribution is 2.22. The van der Waals surface area contributed by atoms with Crippen molar-refractivity contribution in [1.82, 2.24) is 15.1 Å². The highest BCUT2D eigenvalue weighted by Gasteiger charge is 2.24. The van der Waals surface area contributed by atoms with E-state index < -0.39 is 6.04 Å². The van der Waals surface area contributed by atoms with Gasteiger partial charge >= 0.3 is 0 Å². The predicted octanol–water partition coefficient (Wildman–Crippen LogP) is 2.30. The Morgan fingerprint density at radius 1 is 0.885 bits per heavy atom. The van der Waals surface area contributed by atoms with Crippen molar-refractivity contribution >= 4 is 11.8 Å². The van der Waals surface area contributed by atoms with Crippen molar-refractivity contribution in [1.29, 1.82) is 0 Å². The number of hydrogen-bond donors (Lipinski definition) is 1. The first-order valence-electron chi connectivity index (χ1n) is 8.70. The van der Waals surface area contributed by atoms with E-state index in [9.17, 15) is 9.59 Å². The number of nitrogens with zero attached hydrogens (tertiary/aromatic N) is 2. The number of benzene rings is 2. The van der Waals surface area contributed by atoms with Crippen molar-refractivity contribution in [3.05, 3.63) is 71.8 Å². The van der Waals surface area contributed by atoms with E-state index in [1.165, 1.54) is 4.90 Å². The molecule has 1 atom stereocenters. The number of carbonyl (C=O) groups excluding carboxylic acids is 2. The van der Waals surface area contributed by atoms with Crippen molar-refractivity contribution in [3.8, 4) is 0 Å². The minimum atomic E-state index is -0.422. The maximum atomic E-state index is 12.8. The summed E-state index contributed by atoms with van der Waals surface area (Å²) < 4.78 is 0. The van der Waals surface area contributed by atoms with E-state index in [1.807, 2.05) is 67.6 Å². The Morgan fingerprint density at radius 3 is 1.77 bits per heavy atom. The quantitative estimate of drug-likeness (QED) is 0.831. The van der Waals surface area contributed by atoms with Crippen LogP contribution in [0.25, 0.3) is 0 Å². The SMILES string of the molecule is C[C@H](C(=O)NC(c1ccccc1)c1ccccc1)N(C)CC(=O)N(C)C. The molecule has 5 nitrogen and oxygen atoms in total. The number of nitrogens with one attached hydrogen (secondary N) is 1. The van der Waals surface area contributed by atoms with Crippen molar-refractivity contribution in [2.24, 2.45) is 0 Å². The summed E-state index contributed by atoms with van der Waals surface area (Å²) in [6.07, 6.45) is 0. The zero-order chi connectivity index (χ0) is 19.1. The lowest BCUT2D eigenvalue weighted by Gasteiger charge is -2.27. The first-order chi connectivity index (χ1) is 12.4. The normalized spacial score (nSPS) is 12.1. The Kier molecular flexibility index (Phi) is 6.92. The molecule has 0 bridgehead atoms. The Morgan fingerprint density at radius 2 is 1.35 bits per heavy atom. The summed E-state index contributed by atoms with van der Waals surface area (Å²) in [5.74, 6) is -0.147. The summed E-state index contributed by atoms with van der Waals surface area (Å²) in [5.41, 5.74) is 2.04. The second-order valence-electron chi connectivity index (χ2n) is 6.64. The van der Waals surface area contributed by atoms with E-state index in [0.717, 1.165) is 11.1 Å². The van der Waals surface area contributed by atoms with E-state index in [-0.39, 0.29) is 24.4 Å². The molecular formula is C21H27N3O2. The molecule has 0 saturated heterocycles. The fraction of sp³-hybridized carbons (Fsp3) is 0.333. The maximum Gasteiger partial charge on any atom is 0.237 e. The molecule has 0 aromatic heterocycles. The average molecular weight is 353 g/mol. The molecular weight excluding hydrogens is 326 g/mol. The molecule has 0 unspecified atom stereocenters. The van der Waals surface area contributed by atoms with E-state index in [0.29, 0.717) is 0 Å². The van der Waals surface area contributed by atoms with Crippen LogP contribution >= 0.6 is 0 Å². The van der Waals surface area contributed by atoms with Gasteiger partial charge < -0.3 is 10.2 Å². The number of likely N-dealkylation sites (N-methyl/N-ethyl adjacent to an activating group) is 2. The summed E-state index contributed by atoms with van der Waals surface area (Å²) in [5, 5.41) is 3.13. The maximum absolute atomic E-state index is 12.8. The van der Waals surface area contributed by atoms with Crippen molar-refractivity contribution < 1.29 is 9.59 Å². The average Bonchev–Trinajstić information content (AvgIpc) is 2.66. The van der Waals surface area contributed by atoms with Gasteiger partial charge in [-0.2, -0.15) is 0 Å². The van der Waals surface area contributed by atoms with Gasteiger partial charge in [-0.05, 0) is 25.1 Å². The van der Waals surface area contributed by atoms with Crippen LogP contribution in [0.4, 0.5) is 0 Å². The monoisotopic (exact) mass is 353 g/mol. The van der Waals surface area contributed by atoms with Gasteiger partial charge in [0.05, 0.1) is 18.6 Å². The molecule has 0 aliphatic heterocycles. The molecule has 0 radical (unpaired) electrons. The smallest absolute Gasteiger partial charge is 0.237 e. The van der Waals surface area contributed by atoms with Crippen LogP contribution < -0.4 is 5.32 Å². The molecule has 2 aromatic rings. The summed E-state index contributed by atoms with van der Waals surface area (Å²) >= 11 is 0. The van der Waals surface area contributed by atoms with Crippen LogP contribution in [-0.4, -0.2) is 55.3 Å². The lowest BCUT2D eigenvalue weighted by atomic mass is 9.98. The van der Waals surface area contributed by atoms with Gasteiger partial charge in [-0.1, -0.05) is 60.7 Å². The summed E-state index contributed by atoms with van der Waals surface area (Å²) in [7, 11) is 5.20. The van der Waals surface area contributed by atoms with Crippen LogP contribution in [-0.2, 0) is 9.59 Å². The van der Waals surface area contributed by atoms with Crippen molar-refractivity contribution in [2.45, 2.75) is 19.0 Å². The molecule has 1 N–H and O–H groups in total. The number of hydrogen-bond acceptors (Lipinski definition) is 3. The van der Waals surface area contributed by atoms with E-state index in [1.54, 1.807) is 26.0 Å². The molecule has 26 heavy (non-hydrogen) atoms. The topological polar surface area (TPSA) is 52.7 Å². The zero-order valence-corrected chi connectivity index (χ0v) is 15.8. The molecule has 0 aliphatic rings. The van der Waals surface area contributed by atoms with E-state index in [4.69, 9.17) is 0 Å². The van der Waals surface area contributed by atoms with Gasteiger partial charge in [0.15, 0.2) is 0 Å². The zero-order valence-electron chi connectivity index (χ0n) is 15.8. The second-order valence-corrected chi connectivity index (χ2v) is 6.64. The van der Waals surface area contributed by atoms with Gasteiger partial charge in [0, 0.05) is 14.1 Å². The summed E-state index contributed by atoms with van der Waals surface area (Å²) in [6.45, 7) is 2.01. The van der Waals surface area contributed by atoms with Gasteiger partial charge in [-0.15, -0.1) is 0 Å². The largest absolute Gasteiger partial charge is 0.348 e. The lowest BCUT2D eigenvalue weighted by Crippen LogP contribution is -2.47. The predicted molar refractivity (Wildman–Crippen MR) is 104 cm³/mol. The molecule has 0 fully saturated rings. The third-order valence-electron chi connectivity index (χ3n) is 4.48. The van der Waals surface area contributed by atoms with Crippen LogP contribution in [0.1, 0.15) is 24.1 Å². The van der Waals surface area contributed by atoms with E-state index >= 15 is 0 Å².